The van der Waals surface area contributed by atoms with Crippen LogP contribution in [0.25, 0.3) is 0 Å². The molecule has 1 amide bonds. The lowest BCUT2D eigenvalue weighted by molar-refractivity contribution is -0.139. The normalized spacial score (nSPS) is 17.9. The summed E-state index contributed by atoms with van der Waals surface area (Å²) in [6.07, 6.45) is 4.42. The third-order valence-corrected chi connectivity index (χ3v) is 3.95. The smallest absolute Gasteiger partial charge is 0.251 e. The molecule has 24 heavy (non-hydrogen) atoms. The van der Waals surface area contributed by atoms with Crippen molar-refractivity contribution in [1.29, 1.82) is 0 Å². The summed E-state index contributed by atoms with van der Waals surface area (Å²) in [6, 6.07) is 3.30. The van der Waals surface area contributed by atoms with Crippen LogP contribution in [0.2, 0.25) is 0 Å². The van der Waals surface area contributed by atoms with Crippen molar-refractivity contribution in [2.24, 2.45) is 0 Å². The van der Waals surface area contributed by atoms with E-state index in [1.165, 1.54) is 6.07 Å². The summed E-state index contributed by atoms with van der Waals surface area (Å²) in [7, 11) is 0. The van der Waals surface area contributed by atoms with E-state index in [0.717, 1.165) is 13.0 Å². The highest BCUT2D eigenvalue weighted by atomic mass is 16.5. The predicted octanol–water partition coefficient (Wildman–Crippen LogP) is 0.655. The van der Waals surface area contributed by atoms with Gasteiger partial charge in [0, 0.05) is 43.7 Å². The minimum atomic E-state index is -0.388. The summed E-state index contributed by atoms with van der Waals surface area (Å²) in [5.74, 6) is 0.569. The van der Waals surface area contributed by atoms with E-state index in [0.29, 0.717) is 37.6 Å². The standard InChI is InChI=1S/C16H21N5O3/c1-12-10-14(22)19-16(18-12)13-11-20(8-9-24-13)15(23)4-2-6-21-7-3-5-17-21/h3,5,7,10,13H,2,4,6,8-9,11H2,1H3,(H,18,19,22)/t13-/m1/s1. The second-order valence-electron chi connectivity index (χ2n) is 5.84. The fraction of sp³-hybridized carbons (Fsp3) is 0.500. The molecule has 0 aromatic carbocycles. The molecule has 3 rings (SSSR count). The lowest BCUT2D eigenvalue weighted by atomic mass is 10.2. The zero-order valence-electron chi connectivity index (χ0n) is 13.6. The summed E-state index contributed by atoms with van der Waals surface area (Å²) in [4.78, 5) is 32.8. The molecule has 8 nitrogen and oxygen atoms in total. The van der Waals surface area contributed by atoms with E-state index in [2.05, 4.69) is 15.1 Å². The highest BCUT2D eigenvalue weighted by Gasteiger charge is 2.26. The monoisotopic (exact) mass is 331 g/mol. The Morgan fingerprint density at radius 2 is 2.38 bits per heavy atom. The Balaban J connectivity index is 1.56. The van der Waals surface area contributed by atoms with Crippen LogP contribution in [0.1, 0.15) is 30.5 Å². The number of hydrogen-bond acceptors (Lipinski definition) is 5. The van der Waals surface area contributed by atoms with Crippen LogP contribution >= 0.6 is 0 Å². The topological polar surface area (TPSA) is 93.1 Å². The number of ether oxygens (including phenoxy) is 1. The van der Waals surface area contributed by atoms with Gasteiger partial charge < -0.3 is 14.6 Å². The molecule has 0 aliphatic carbocycles. The van der Waals surface area contributed by atoms with Crippen LogP contribution < -0.4 is 5.56 Å². The van der Waals surface area contributed by atoms with Crippen LogP contribution in [-0.4, -0.2) is 50.3 Å². The first-order chi connectivity index (χ1) is 11.6. The second-order valence-corrected chi connectivity index (χ2v) is 5.84. The molecule has 1 fully saturated rings. The predicted molar refractivity (Wildman–Crippen MR) is 86.3 cm³/mol. The molecule has 0 spiro atoms. The Morgan fingerprint density at radius 3 is 3.12 bits per heavy atom. The van der Waals surface area contributed by atoms with Crippen molar-refractivity contribution in [3.05, 3.63) is 46.4 Å². The van der Waals surface area contributed by atoms with E-state index >= 15 is 0 Å². The van der Waals surface area contributed by atoms with E-state index in [1.807, 2.05) is 16.9 Å². The van der Waals surface area contributed by atoms with Crippen molar-refractivity contribution >= 4 is 5.91 Å². The maximum absolute atomic E-state index is 12.4. The first kappa shape index (κ1) is 16.4. The van der Waals surface area contributed by atoms with Crippen molar-refractivity contribution in [1.82, 2.24) is 24.6 Å². The fourth-order valence-electron chi connectivity index (χ4n) is 2.78. The zero-order chi connectivity index (χ0) is 16.9. The number of aromatic amines is 1. The molecule has 1 N–H and O–H groups in total. The van der Waals surface area contributed by atoms with E-state index in [-0.39, 0.29) is 17.6 Å². The SMILES string of the molecule is Cc1cc(=O)[nH]c([C@H]2CN(C(=O)CCCn3cccn3)CCO2)n1. The fourth-order valence-corrected chi connectivity index (χ4v) is 2.78. The Labute approximate surface area is 139 Å². The van der Waals surface area contributed by atoms with Crippen LogP contribution in [-0.2, 0) is 16.1 Å². The molecule has 1 atom stereocenters. The summed E-state index contributed by atoms with van der Waals surface area (Å²) in [6.45, 7) is 3.90. The molecule has 2 aromatic heterocycles. The number of nitrogens with zero attached hydrogens (tertiary/aromatic N) is 4. The number of carbonyl (C=O) groups excluding carboxylic acids is 1. The van der Waals surface area contributed by atoms with Crippen molar-refractivity contribution in [3.63, 3.8) is 0 Å². The summed E-state index contributed by atoms with van der Waals surface area (Å²) in [5, 5.41) is 4.12. The van der Waals surface area contributed by atoms with Gasteiger partial charge in [-0.2, -0.15) is 5.10 Å². The number of aryl methyl sites for hydroxylation is 2. The van der Waals surface area contributed by atoms with Gasteiger partial charge >= 0.3 is 0 Å². The number of carbonyl (C=O) groups is 1. The van der Waals surface area contributed by atoms with Gasteiger partial charge in [0.1, 0.15) is 11.9 Å². The Morgan fingerprint density at radius 1 is 1.50 bits per heavy atom. The van der Waals surface area contributed by atoms with Crippen LogP contribution in [0.4, 0.5) is 0 Å². The first-order valence-corrected chi connectivity index (χ1v) is 8.06. The second kappa shape index (κ2) is 7.39. The third-order valence-electron chi connectivity index (χ3n) is 3.95. The van der Waals surface area contributed by atoms with Crippen molar-refractivity contribution in [2.75, 3.05) is 19.7 Å². The number of hydrogen-bond donors (Lipinski definition) is 1. The average Bonchev–Trinajstić information content (AvgIpc) is 3.07. The maximum Gasteiger partial charge on any atom is 0.251 e. The number of rotatable bonds is 5. The van der Waals surface area contributed by atoms with Crippen molar-refractivity contribution < 1.29 is 9.53 Å². The van der Waals surface area contributed by atoms with Crippen LogP contribution in [0.3, 0.4) is 0 Å². The van der Waals surface area contributed by atoms with Crippen molar-refractivity contribution in [3.8, 4) is 0 Å². The maximum atomic E-state index is 12.4. The van der Waals surface area contributed by atoms with E-state index in [4.69, 9.17) is 4.74 Å². The number of amides is 1. The van der Waals surface area contributed by atoms with Gasteiger partial charge in [-0.3, -0.25) is 14.3 Å². The molecule has 3 heterocycles. The van der Waals surface area contributed by atoms with E-state index in [1.54, 1.807) is 18.0 Å². The third kappa shape index (κ3) is 4.08. The molecule has 1 saturated heterocycles. The summed E-state index contributed by atoms with van der Waals surface area (Å²) >= 11 is 0. The van der Waals surface area contributed by atoms with Gasteiger partial charge in [0.05, 0.1) is 13.2 Å². The van der Waals surface area contributed by atoms with E-state index in [9.17, 15) is 9.59 Å². The molecule has 1 aliphatic rings. The zero-order valence-corrected chi connectivity index (χ0v) is 13.6. The Kier molecular flexibility index (Phi) is 5.05. The molecule has 128 valence electrons. The Hall–Kier alpha value is -2.48. The van der Waals surface area contributed by atoms with E-state index < -0.39 is 0 Å². The molecular formula is C16H21N5O3. The quantitative estimate of drug-likeness (QED) is 0.868. The lowest BCUT2D eigenvalue weighted by Crippen LogP contribution is -2.43. The van der Waals surface area contributed by atoms with Gasteiger partial charge in [-0.15, -0.1) is 0 Å². The van der Waals surface area contributed by atoms with Crippen LogP contribution in [0.15, 0.2) is 29.3 Å². The minimum absolute atomic E-state index is 0.0884. The van der Waals surface area contributed by atoms with Gasteiger partial charge in [-0.25, -0.2) is 4.98 Å². The van der Waals surface area contributed by atoms with Crippen LogP contribution in [0, 0.1) is 6.92 Å². The number of aromatic nitrogens is 4. The van der Waals surface area contributed by atoms with Gasteiger partial charge in [-0.05, 0) is 19.4 Å². The molecule has 0 unspecified atom stereocenters. The van der Waals surface area contributed by atoms with Gasteiger partial charge in [0.15, 0.2) is 0 Å². The van der Waals surface area contributed by atoms with Crippen molar-refractivity contribution in [2.45, 2.75) is 32.4 Å². The van der Waals surface area contributed by atoms with Gasteiger partial charge in [0.25, 0.3) is 5.56 Å². The molecule has 0 radical (unpaired) electrons. The lowest BCUT2D eigenvalue weighted by Gasteiger charge is -2.32. The molecule has 8 heteroatoms. The molecule has 0 saturated carbocycles. The molecule has 0 bridgehead atoms. The molecule has 1 aliphatic heterocycles. The van der Waals surface area contributed by atoms with Gasteiger partial charge in [-0.1, -0.05) is 0 Å². The highest BCUT2D eigenvalue weighted by Crippen LogP contribution is 2.19. The molecular weight excluding hydrogens is 310 g/mol. The number of morpholine rings is 1. The highest BCUT2D eigenvalue weighted by molar-refractivity contribution is 5.76. The average molecular weight is 331 g/mol. The summed E-state index contributed by atoms with van der Waals surface area (Å²) in [5.41, 5.74) is 0.434. The number of H-pyrrole nitrogens is 1. The Bertz CT molecular complexity index is 740. The summed E-state index contributed by atoms with van der Waals surface area (Å²) < 4.78 is 7.49. The van der Waals surface area contributed by atoms with Crippen LogP contribution in [0.5, 0.6) is 0 Å². The minimum Gasteiger partial charge on any atom is -0.367 e. The molecule has 2 aromatic rings. The number of nitrogens with one attached hydrogen (secondary N) is 1. The first-order valence-electron chi connectivity index (χ1n) is 8.06. The van der Waals surface area contributed by atoms with Gasteiger partial charge in [0.2, 0.25) is 5.91 Å². The largest absolute Gasteiger partial charge is 0.367 e.